The Morgan fingerprint density at radius 3 is 2.71 bits per heavy atom. The van der Waals surface area contributed by atoms with E-state index < -0.39 is 0 Å². The number of rotatable bonds is 7. The van der Waals surface area contributed by atoms with E-state index in [-0.39, 0.29) is 6.04 Å². The number of benzene rings is 1. The highest BCUT2D eigenvalue weighted by molar-refractivity contribution is 6.17. The highest BCUT2D eigenvalue weighted by Gasteiger charge is 2.11. The first-order valence-electron chi connectivity index (χ1n) is 6.98. The maximum Gasteiger partial charge on any atom is 0.165 e. The zero-order valence-corrected chi connectivity index (χ0v) is 13.3. The molecule has 0 fully saturated rings. The molecule has 0 radical (unpaired) electrons. The third kappa shape index (κ3) is 3.88. The van der Waals surface area contributed by atoms with Crippen molar-refractivity contribution < 1.29 is 9.47 Å². The van der Waals surface area contributed by atoms with Crippen molar-refractivity contribution in [2.75, 3.05) is 6.61 Å². The van der Waals surface area contributed by atoms with Crippen molar-refractivity contribution >= 4 is 11.6 Å². The van der Waals surface area contributed by atoms with E-state index in [1.165, 1.54) is 0 Å². The summed E-state index contributed by atoms with van der Waals surface area (Å²) in [6, 6.07) is 5.95. The Labute approximate surface area is 129 Å². The van der Waals surface area contributed by atoms with Crippen LogP contribution in [0.4, 0.5) is 0 Å². The van der Waals surface area contributed by atoms with Crippen LogP contribution in [0.2, 0.25) is 0 Å². The van der Waals surface area contributed by atoms with Crippen molar-refractivity contribution in [1.29, 1.82) is 0 Å². The second-order valence-corrected chi connectivity index (χ2v) is 5.12. The highest BCUT2D eigenvalue weighted by Crippen LogP contribution is 2.29. The van der Waals surface area contributed by atoms with Crippen LogP contribution in [-0.4, -0.2) is 21.4 Å². The second kappa shape index (κ2) is 7.31. The van der Waals surface area contributed by atoms with E-state index >= 15 is 0 Å². The molecule has 114 valence electrons. The second-order valence-electron chi connectivity index (χ2n) is 4.85. The van der Waals surface area contributed by atoms with Crippen LogP contribution in [0.5, 0.6) is 11.5 Å². The van der Waals surface area contributed by atoms with Crippen LogP contribution in [-0.2, 0) is 12.5 Å². The standard InChI is InChI=1S/C15H20ClN3O2/c1-4-20-14-7-12(8-16)5-6-13(14)21-9-15-17-10-18-19(15)11(2)3/h5-7,10-11H,4,8-9H2,1-3H3. The lowest BCUT2D eigenvalue weighted by Gasteiger charge is -2.14. The van der Waals surface area contributed by atoms with Crippen molar-refractivity contribution in [3.05, 3.63) is 35.9 Å². The Balaban J connectivity index is 2.13. The van der Waals surface area contributed by atoms with Crippen LogP contribution in [0, 0.1) is 0 Å². The number of hydrogen-bond donors (Lipinski definition) is 0. The largest absolute Gasteiger partial charge is 0.490 e. The molecule has 0 spiro atoms. The lowest BCUT2D eigenvalue weighted by atomic mass is 10.2. The number of alkyl halides is 1. The molecule has 21 heavy (non-hydrogen) atoms. The third-order valence-corrected chi connectivity index (χ3v) is 3.26. The molecule has 0 aliphatic heterocycles. The Hall–Kier alpha value is -1.75. The minimum atomic E-state index is 0.246. The van der Waals surface area contributed by atoms with Crippen LogP contribution in [0.3, 0.4) is 0 Å². The molecule has 2 rings (SSSR count). The Morgan fingerprint density at radius 2 is 2.05 bits per heavy atom. The summed E-state index contributed by atoms with van der Waals surface area (Å²) in [5, 5.41) is 4.19. The first-order chi connectivity index (χ1) is 10.2. The molecule has 1 heterocycles. The van der Waals surface area contributed by atoms with Crippen molar-refractivity contribution in [3.63, 3.8) is 0 Å². The van der Waals surface area contributed by atoms with Gasteiger partial charge in [0, 0.05) is 11.9 Å². The number of halogens is 1. The molecule has 0 saturated heterocycles. The van der Waals surface area contributed by atoms with Gasteiger partial charge in [-0.1, -0.05) is 6.07 Å². The first-order valence-corrected chi connectivity index (χ1v) is 7.52. The molecule has 0 amide bonds. The normalized spacial score (nSPS) is 10.9. The maximum absolute atomic E-state index is 5.85. The molecule has 0 aliphatic rings. The molecule has 0 saturated carbocycles. The Kier molecular flexibility index (Phi) is 5.44. The van der Waals surface area contributed by atoms with E-state index in [2.05, 4.69) is 23.9 Å². The fraction of sp³-hybridized carbons (Fsp3) is 0.467. The topological polar surface area (TPSA) is 49.2 Å². The molecule has 0 bridgehead atoms. The molecule has 0 atom stereocenters. The van der Waals surface area contributed by atoms with Crippen molar-refractivity contribution in [3.8, 4) is 11.5 Å². The van der Waals surface area contributed by atoms with E-state index in [0.29, 0.717) is 30.6 Å². The summed E-state index contributed by atoms with van der Waals surface area (Å²) in [5.41, 5.74) is 0.998. The number of hydrogen-bond acceptors (Lipinski definition) is 4. The van der Waals surface area contributed by atoms with Gasteiger partial charge in [0.2, 0.25) is 0 Å². The van der Waals surface area contributed by atoms with Crippen LogP contribution < -0.4 is 9.47 Å². The van der Waals surface area contributed by atoms with Crippen molar-refractivity contribution in [1.82, 2.24) is 14.8 Å². The van der Waals surface area contributed by atoms with Gasteiger partial charge < -0.3 is 9.47 Å². The molecule has 0 aliphatic carbocycles. The smallest absolute Gasteiger partial charge is 0.165 e. The van der Waals surface area contributed by atoms with Gasteiger partial charge in [-0.15, -0.1) is 11.6 Å². The van der Waals surface area contributed by atoms with Gasteiger partial charge in [0.15, 0.2) is 17.3 Å². The third-order valence-electron chi connectivity index (χ3n) is 2.96. The minimum absolute atomic E-state index is 0.246. The first kappa shape index (κ1) is 15.6. The van der Waals surface area contributed by atoms with Crippen LogP contribution in [0.15, 0.2) is 24.5 Å². The molecular formula is C15H20ClN3O2. The fourth-order valence-corrected chi connectivity index (χ4v) is 2.14. The van der Waals surface area contributed by atoms with Gasteiger partial charge in [-0.05, 0) is 38.5 Å². The fourth-order valence-electron chi connectivity index (χ4n) is 1.97. The van der Waals surface area contributed by atoms with Crippen molar-refractivity contribution in [2.45, 2.75) is 39.3 Å². The number of ether oxygens (including phenoxy) is 2. The average molecular weight is 310 g/mol. The zero-order valence-electron chi connectivity index (χ0n) is 12.5. The molecule has 1 aromatic carbocycles. The van der Waals surface area contributed by atoms with E-state index in [9.17, 15) is 0 Å². The minimum Gasteiger partial charge on any atom is -0.490 e. The summed E-state index contributed by atoms with van der Waals surface area (Å²) < 4.78 is 13.3. The van der Waals surface area contributed by atoms with E-state index in [0.717, 1.165) is 11.4 Å². The number of aromatic nitrogens is 3. The number of nitrogens with zero attached hydrogens (tertiary/aromatic N) is 3. The van der Waals surface area contributed by atoms with Crippen molar-refractivity contribution in [2.24, 2.45) is 0 Å². The van der Waals surface area contributed by atoms with Crippen LogP contribution in [0.25, 0.3) is 0 Å². The van der Waals surface area contributed by atoms with Gasteiger partial charge in [-0.3, -0.25) is 0 Å². The summed E-state index contributed by atoms with van der Waals surface area (Å²) in [6.45, 7) is 6.97. The summed E-state index contributed by atoms with van der Waals surface area (Å²) in [7, 11) is 0. The molecule has 0 N–H and O–H groups in total. The molecule has 0 unspecified atom stereocenters. The quantitative estimate of drug-likeness (QED) is 0.734. The van der Waals surface area contributed by atoms with Gasteiger partial charge >= 0.3 is 0 Å². The Morgan fingerprint density at radius 1 is 1.24 bits per heavy atom. The van der Waals surface area contributed by atoms with Gasteiger partial charge in [0.1, 0.15) is 12.9 Å². The maximum atomic E-state index is 5.85. The molecular weight excluding hydrogens is 290 g/mol. The van der Waals surface area contributed by atoms with E-state index in [4.69, 9.17) is 21.1 Å². The van der Waals surface area contributed by atoms with Gasteiger partial charge in [-0.25, -0.2) is 9.67 Å². The summed E-state index contributed by atoms with van der Waals surface area (Å²) >= 11 is 5.85. The summed E-state index contributed by atoms with van der Waals surface area (Å²) in [6.07, 6.45) is 1.54. The molecule has 5 nitrogen and oxygen atoms in total. The summed E-state index contributed by atoms with van der Waals surface area (Å²) in [5.74, 6) is 2.62. The van der Waals surface area contributed by atoms with Crippen LogP contribution in [0.1, 0.15) is 38.2 Å². The molecule has 1 aromatic heterocycles. The van der Waals surface area contributed by atoms with E-state index in [1.54, 1.807) is 6.33 Å². The van der Waals surface area contributed by atoms with E-state index in [1.807, 2.05) is 29.8 Å². The molecule has 2 aromatic rings. The van der Waals surface area contributed by atoms with Gasteiger partial charge in [0.25, 0.3) is 0 Å². The Bertz CT molecular complexity index is 584. The highest BCUT2D eigenvalue weighted by atomic mass is 35.5. The lowest BCUT2D eigenvalue weighted by molar-refractivity contribution is 0.255. The predicted molar refractivity (Wildman–Crippen MR) is 81.9 cm³/mol. The SMILES string of the molecule is CCOc1cc(CCl)ccc1OCc1ncnn1C(C)C. The van der Waals surface area contributed by atoms with Crippen LogP contribution >= 0.6 is 11.6 Å². The lowest BCUT2D eigenvalue weighted by Crippen LogP contribution is -2.11. The summed E-state index contributed by atoms with van der Waals surface area (Å²) in [4.78, 5) is 4.23. The monoisotopic (exact) mass is 309 g/mol. The van der Waals surface area contributed by atoms with Gasteiger partial charge in [-0.2, -0.15) is 5.10 Å². The average Bonchev–Trinajstić information content (AvgIpc) is 2.95. The zero-order chi connectivity index (χ0) is 15.2. The predicted octanol–water partition coefficient (Wildman–Crippen LogP) is 3.58. The molecule has 6 heteroatoms. The van der Waals surface area contributed by atoms with Gasteiger partial charge in [0.05, 0.1) is 6.61 Å².